The highest BCUT2D eigenvalue weighted by Crippen LogP contribution is 2.27. The Labute approximate surface area is 199 Å². The molecule has 4 rings (SSSR count). The first-order valence-electron chi connectivity index (χ1n) is 10.6. The van der Waals surface area contributed by atoms with Gasteiger partial charge in [-0.05, 0) is 60.7 Å². The molecule has 4 heteroatoms. The largest absolute Gasteiger partial charge is 0.295 e. The first-order valence-corrected chi connectivity index (χ1v) is 11.5. The lowest BCUT2D eigenvalue weighted by molar-refractivity contribution is 0.101. The van der Waals surface area contributed by atoms with Crippen LogP contribution in [0.2, 0.25) is 5.02 Å². The van der Waals surface area contributed by atoms with E-state index in [1.54, 1.807) is 6.92 Å². The first-order chi connectivity index (χ1) is 15.5. The van der Waals surface area contributed by atoms with Crippen LogP contribution in [-0.2, 0) is 6.42 Å². The number of carbonyl (C=O) groups excluding carboxylic acids is 1. The van der Waals surface area contributed by atoms with Crippen LogP contribution >= 0.6 is 24.2 Å². The number of aryl methyl sites for hydroxylation is 1. The van der Waals surface area contributed by atoms with Crippen LogP contribution in [0.4, 0.5) is 0 Å². The number of thiol groups is 1. The minimum Gasteiger partial charge on any atom is -0.295 e. The third-order valence-corrected chi connectivity index (χ3v) is 6.29. The number of pyridine rings is 1. The second kappa shape index (κ2) is 10.2. The molecule has 0 N–H and O–H groups in total. The van der Waals surface area contributed by atoms with Crippen LogP contribution in [0.5, 0.6) is 0 Å². The van der Waals surface area contributed by atoms with E-state index in [2.05, 4.69) is 41.4 Å². The molecule has 0 unspecified atom stereocenters. The van der Waals surface area contributed by atoms with Crippen molar-refractivity contribution in [1.29, 1.82) is 0 Å². The maximum Gasteiger partial charge on any atom is 0.160 e. The molecule has 1 heterocycles. The lowest BCUT2D eigenvalue weighted by atomic mass is 9.97. The summed E-state index contributed by atoms with van der Waals surface area (Å²) in [6.07, 6.45) is 5.74. The molecule has 1 aromatic heterocycles. The van der Waals surface area contributed by atoms with Crippen molar-refractivity contribution in [1.82, 2.24) is 4.98 Å². The number of carbonyl (C=O) groups is 1. The van der Waals surface area contributed by atoms with Gasteiger partial charge in [0.15, 0.2) is 5.78 Å². The van der Waals surface area contributed by atoms with Crippen molar-refractivity contribution < 1.29 is 4.79 Å². The van der Waals surface area contributed by atoms with Gasteiger partial charge in [-0.3, -0.25) is 4.79 Å². The van der Waals surface area contributed by atoms with Gasteiger partial charge < -0.3 is 0 Å². The Hall–Kier alpha value is -2.88. The number of fused-ring (bicyclic) bond motifs is 1. The number of Topliss-reactive ketones (excluding diaryl/α,β-unsaturated/α-hetero) is 1. The van der Waals surface area contributed by atoms with Gasteiger partial charge in [0.2, 0.25) is 0 Å². The molecule has 0 aliphatic carbocycles. The fourth-order valence-corrected chi connectivity index (χ4v) is 4.25. The second-order valence-electron chi connectivity index (χ2n) is 7.84. The summed E-state index contributed by atoms with van der Waals surface area (Å²) in [5.74, 6) is 0.105. The zero-order valence-electron chi connectivity index (χ0n) is 17.8. The number of aromatic nitrogens is 1. The summed E-state index contributed by atoms with van der Waals surface area (Å²) in [6, 6.07) is 26.0. The highest BCUT2D eigenvalue weighted by molar-refractivity contribution is 7.80. The van der Waals surface area contributed by atoms with E-state index in [1.807, 2.05) is 54.6 Å². The van der Waals surface area contributed by atoms with Crippen LogP contribution in [0.3, 0.4) is 0 Å². The third-order valence-electron chi connectivity index (χ3n) is 5.50. The molecule has 0 aliphatic heterocycles. The van der Waals surface area contributed by atoms with Crippen molar-refractivity contribution in [3.8, 4) is 0 Å². The van der Waals surface area contributed by atoms with Crippen molar-refractivity contribution in [2.45, 2.75) is 25.0 Å². The molecule has 0 saturated heterocycles. The van der Waals surface area contributed by atoms with Crippen LogP contribution in [0.15, 0.2) is 78.9 Å². The van der Waals surface area contributed by atoms with Crippen molar-refractivity contribution in [3.05, 3.63) is 112 Å². The lowest BCUT2D eigenvalue weighted by Gasteiger charge is -2.13. The Morgan fingerprint density at radius 1 is 1.00 bits per heavy atom. The average molecular weight is 458 g/mol. The number of halogens is 1. The monoisotopic (exact) mass is 457 g/mol. The topological polar surface area (TPSA) is 30.0 Å². The average Bonchev–Trinajstić information content (AvgIpc) is 2.81. The summed E-state index contributed by atoms with van der Waals surface area (Å²) in [7, 11) is 0. The predicted molar refractivity (Wildman–Crippen MR) is 139 cm³/mol. The van der Waals surface area contributed by atoms with Crippen LogP contribution in [0.1, 0.15) is 51.3 Å². The van der Waals surface area contributed by atoms with E-state index in [4.69, 9.17) is 24.2 Å². The van der Waals surface area contributed by atoms with Gasteiger partial charge in [0.1, 0.15) is 0 Å². The number of hydrogen-bond acceptors (Lipinski definition) is 3. The molecule has 0 amide bonds. The van der Waals surface area contributed by atoms with E-state index in [1.165, 1.54) is 0 Å². The molecule has 0 fully saturated rings. The van der Waals surface area contributed by atoms with E-state index in [-0.39, 0.29) is 11.0 Å². The number of hydrogen-bond donors (Lipinski definition) is 1. The van der Waals surface area contributed by atoms with Crippen LogP contribution in [0.25, 0.3) is 23.1 Å². The summed E-state index contributed by atoms with van der Waals surface area (Å²) in [5.41, 5.74) is 5.90. The van der Waals surface area contributed by atoms with Gasteiger partial charge in [-0.1, -0.05) is 78.3 Å². The highest BCUT2D eigenvalue weighted by atomic mass is 35.5. The highest BCUT2D eigenvalue weighted by Gasteiger charge is 2.11. The van der Waals surface area contributed by atoms with Crippen molar-refractivity contribution in [2.75, 3.05) is 0 Å². The zero-order chi connectivity index (χ0) is 22.5. The van der Waals surface area contributed by atoms with Crippen molar-refractivity contribution >= 4 is 53.1 Å². The van der Waals surface area contributed by atoms with E-state index in [0.717, 1.165) is 51.7 Å². The Morgan fingerprint density at radius 3 is 2.66 bits per heavy atom. The molecule has 4 aromatic rings. The molecule has 0 radical (unpaired) electrons. The van der Waals surface area contributed by atoms with Gasteiger partial charge in [-0.2, -0.15) is 12.6 Å². The molecule has 0 bridgehead atoms. The molecule has 2 nitrogen and oxygen atoms in total. The SMILES string of the molecule is CC(=O)c1ccccc1CC[C@@H](S)c1cccc(/C=C/c2ccc3ccc(Cl)cc3n2)c1. The molecule has 160 valence electrons. The van der Waals surface area contributed by atoms with Crippen LogP contribution in [-0.4, -0.2) is 10.8 Å². The third kappa shape index (κ3) is 5.48. The van der Waals surface area contributed by atoms with Gasteiger partial charge in [-0.25, -0.2) is 4.98 Å². The van der Waals surface area contributed by atoms with E-state index >= 15 is 0 Å². The fourth-order valence-electron chi connectivity index (χ4n) is 3.79. The standard InChI is InChI=1S/C28H24ClNOS/c1-19(31)26-8-3-2-6-21(26)12-16-28(32)23-7-4-5-20(17-23)9-14-25-15-11-22-10-13-24(29)18-27(22)30-25/h2-11,13-15,17-18,28,32H,12,16H2,1H3/b14-9+/t28-/m1/s1. The quantitative estimate of drug-likeness (QED) is 0.226. The van der Waals surface area contributed by atoms with Gasteiger partial charge in [0.25, 0.3) is 0 Å². The number of nitrogens with zero attached hydrogens (tertiary/aromatic N) is 1. The lowest BCUT2D eigenvalue weighted by Crippen LogP contribution is -2.01. The predicted octanol–water partition coefficient (Wildman–Crippen LogP) is 7.86. The first kappa shape index (κ1) is 22.3. The smallest absolute Gasteiger partial charge is 0.160 e. The van der Waals surface area contributed by atoms with Gasteiger partial charge in [-0.15, -0.1) is 0 Å². The summed E-state index contributed by atoms with van der Waals surface area (Å²) in [6.45, 7) is 1.62. The van der Waals surface area contributed by atoms with Crippen molar-refractivity contribution in [3.63, 3.8) is 0 Å². The maximum absolute atomic E-state index is 11.9. The van der Waals surface area contributed by atoms with Gasteiger partial charge in [0.05, 0.1) is 11.2 Å². The summed E-state index contributed by atoms with van der Waals surface area (Å²) in [4.78, 5) is 16.5. The Kier molecular flexibility index (Phi) is 7.09. The molecule has 3 aromatic carbocycles. The Morgan fingerprint density at radius 2 is 1.81 bits per heavy atom. The second-order valence-corrected chi connectivity index (χ2v) is 8.90. The Balaban J connectivity index is 1.47. The Bertz CT molecular complexity index is 1300. The summed E-state index contributed by atoms with van der Waals surface area (Å²) in [5, 5.41) is 1.84. The van der Waals surface area contributed by atoms with Gasteiger partial charge >= 0.3 is 0 Å². The molecule has 0 saturated carbocycles. The van der Waals surface area contributed by atoms with Crippen molar-refractivity contribution in [2.24, 2.45) is 0 Å². The number of benzene rings is 3. The van der Waals surface area contributed by atoms with E-state index in [9.17, 15) is 4.79 Å². The summed E-state index contributed by atoms with van der Waals surface area (Å²) >= 11 is 10.9. The van der Waals surface area contributed by atoms with Crippen LogP contribution in [0, 0.1) is 0 Å². The zero-order valence-corrected chi connectivity index (χ0v) is 19.5. The number of rotatable bonds is 7. The molecular formula is C28H24ClNOS. The van der Waals surface area contributed by atoms with E-state index in [0.29, 0.717) is 5.02 Å². The summed E-state index contributed by atoms with van der Waals surface area (Å²) < 4.78 is 0. The fraction of sp³-hybridized carbons (Fsp3) is 0.143. The van der Waals surface area contributed by atoms with E-state index < -0.39 is 0 Å². The van der Waals surface area contributed by atoms with Crippen LogP contribution < -0.4 is 0 Å². The molecular weight excluding hydrogens is 434 g/mol. The molecule has 0 aliphatic rings. The maximum atomic E-state index is 11.9. The minimum atomic E-state index is 0.0873. The van der Waals surface area contributed by atoms with Gasteiger partial charge in [0, 0.05) is 21.2 Å². The minimum absolute atomic E-state index is 0.0873. The molecule has 1 atom stereocenters. The molecule has 0 spiro atoms. The molecule has 32 heavy (non-hydrogen) atoms. The normalized spacial score (nSPS) is 12.3. The number of ketones is 1.